The zero-order chi connectivity index (χ0) is 12.1. The molecule has 0 aromatic carbocycles. The van der Waals surface area contributed by atoms with Crippen molar-refractivity contribution in [1.29, 1.82) is 0 Å². The minimum absolute atomic E-state index is 0. The molecule has 1 aliphatic rings. The third-order valence-corrected chi connectivity index (χ3v) is 2.72. The largest absolute Gasteiger partial charge is 0.479 e. The predicted molar refractivity (Wildman–Crippen MR) is 78.2 cm³/mol. The number of pyridine rings is 1. The first kappa shape index (κ1) is 18.0. The Morgan fingerprint density at radius 2 is 2.37 bits per heavy atom. The van der Waals surface area contributed by atoms with Gasteiger partial charge in [0.05, 0.1) is 6.20 Å². The molecule has 108 valence electrons. The number of nitrogens with one attached hydrogen (secondary N) is 2. The average molecular weight is 308 g/mol. The van der Waals surface area contributed by atoms with Crippen LogP contribution >= 0.6 is 24.8 Å². The van der Waals surface area contributed by atoms with Crippen LogP contribution in [0.1, 0.15) is 13.3 Å². The summed E-state index contributed by atoms with van der Waals surface area (Å²) in [6.45, 7) is 3.54. The van der Waals surface area contributed by atoms with E-state index in [9.17, 15) is 4.79 Å². The van der Waals surface area contributed by atoms with Gasteiger partial charge in [-0.25, -0.2) is 0 Å². The number of nitrogens with zero attached hydrogens (tertiary/aromatic N) is 1. The maximum atomic E-state index is 11.8. The summed E-state index contributed by atoms with van der Waals surface area (Å²) in [5.41, 5.74) is 0. The van der Waals surface area contributed by atoms with E-state index in [1.165, 1.54) is 0 Å². The van der Waals surface area contributed by atoms with Gasteiger partial charge in [0.1, 0.15) is 5.75 Å². The zero-order valence-electron chi connectivity index (χ0n) is 10.7. The molecule has 0 spiro atoms. The fourth-order valence-electron chi connectivity index (χ4n) is 1.77. The van der Waals surface area contributed by atoms with Crippen molar-refractivity contribution in [2.24, 2.45) is 0 Å². The van der Waals surface area contributed by atoms with E-state index in [1.807, 2.05) is 0 Å². The minimum Gasteiger partial charge on any atom is -0.479 e. The SMILES string of the molecule is CC(Oc1cccnc1)C(=O)NC1CCNC1.Cl.Cl. The van der Waals surface area contributed by atoms with Crippen LogP contribution in [0.4, 0.5) is 0 Å². The van der Waals surface area contributed by atoms with Crippen molar-refractivity contribution in [2.45, 2.75) is 25.5 Å². The predicted octanol–water partition coefficient (Wildman–Crippen LogP) is 1.17. The second-order valence-electron chi connectivity index (χ2n) is 4.15. The summed E-state index contributed by atoms with van der Waals surface area (Å²) in [5.74, 6) is 0.530. The summed E-state index contributed by atoms with van der Waals surface area (Å²) in [5, 5.41) is 6.15. The number of amides is 1. The fourth-order valence-corrected chi connectivity index (χ4v) is 1.77. The third kappa shape index (κ3) is 5.63. The second-order valence-corrected chi connectivity index (χ2v) is 4.15. The Labute approximate surface area is 125 Å². The van der Waals surface area contributed by atoms with E-state index in [4.69, 9.17) is 4.74 Å². The van der Waals surface area contributed by atoms with Crippen LogP contribution in [0.25, 0.3) is 0 Å². The van der Waals surface area contributed by atoms with Crippen LogP contribution in [0.2, 0.25) is 0 Å². The standard InChI is InChI=1S/C12H17N3O2.2ClH/c1-9(17-11-3-2-5-13-8-11)12(16)15-10-4-6-14-7-10;;/h2-3,5,8-10,14H,4,6-7H2,1H3,(H,15,16);2*1H. The molecule has 7 heteroatoms. The molecular weight excluding hydrogens is 289 g/mol. The van der Waals surface area contributed by atoms with Gasteiger partial charge in [-0.3, -0.25) is 9.78 Å². The van der Waals surface area contributed by atoms with E-state index in [0.29, 0.717) is 5.75 Å². The van der Waals surface area contributed by atoms with Crippen molar-refractivity contribution in [1.82, 2.24) is 15.6 Å². The highest BCUT2D eigenvalue weighted by Crippen LogP contribution is 2.09. The van der Waals surface area contributed by atoms with Gasteiger partial charge in [-0.15, -0.1) is 24.8 Å². The molecule has 2 rings (SSSR count). The van der Waals surface area contributed by atoms with E-state index < -0.39 is 6.10 Å². The summed E-state index contributed by atoms with van der Waals surface area (Å²) in [7, 11) is 0. The highest BCUT2D eigenvalue weighted by molar-refractivity contribution is 5.85. The molecule has 2 unspecified atom stereocenters. The lowest BCUT2D eigenvalue weighted by Crippen LogP contribution is -2.43. The van der Waals surface area contributed by atoms with Crippen LogP contribution in [-0.4, -0.2) is 36.1 Å². The van der Waals surface area contributed by atoms with E-state index >= 15 is 0 Å². The third-order valence-electron chi connectivity index (χ3n) is 2.72. The van der Waals surface area contributed by atoms with Gasteiger partial charge in [0.25, 0.3) is 5.91 Å². The lowest BCUT2D eigenvalue weighted by atomic mass is 10.2. The molecule has 5 nitrogen and oxygen atoms in total. The molecule has 0 saturated carbocycles. The Morgan fingerprint density at radius 3 is 2.95 bits per heavy atom. The highest BCUT2D eigenvalue weighted by Gasteiger charge is 2.21. The topological polar surface area (TPSA) is 63.2 Å². The van der Waals surface area contributed by atoms with Gasteiger partial charge in [0.2, 0.25) is 0 Å². The van der Waals surface area contributed by atoms with E-state index in [2.05, 4.69) is 15.6 Å². The summed E-state index contributed by atoms with van der Waals surface area (Å²) >= 11 is 0. The molecular formula is C12H19Cl2N3O2. The average Bonchev–Trinajstić information content (AvgIpc) is 2.83. The molecule has 1 fully saturated rings. The monoisotopic (exact) mass is 307 g/mol. The molecule has 1 aliphatic heterocycles. The molecule has 1 amide bonds. The maximum absolute atomic E-state index is 11.8. The number of hydrogen-bond acceptors (Lipinski definition) is 4. The molecule has 2 atom stereocenters. The fraction of sp³-hybridized carbons (Fsp3) is 0.500. The summed E-state index contributed by atoms with van der Waals surface area (Å²) in [6.07, 6.45) is 3.74. The van der Waals surface area contributed by atoms with Crippen molar-refractivity contribution < 1.29 is 9.53 Å². The molecule has 2 heterocycles. The van der Waals surface area contributed by atoms with Crippen LogP contribution in [0, 0.1) is 0 Å². The van der Waals surface area contributed by atoms with E-state index in [1.54, 1.807) is 31.5 Å². The van der Waals surface area contributed by atoms with Crippen LogP contribution in [0.3, 0.4) is 0 Å². The number of carbonyl (C=O) groups excluding carboxylic acids is 1. The van der Waals surface area contributed by atoms with Crippen LogP contribution in [0.15, 0.2) is 24.5 Å². The van der Waals surface area contributed by atoms with E-state index in [0.717, 1.165) is 19.5 Å². The molecule has 2 N–H and O–H groups in total. The Bertz CT molecular complexity index is 372. The minimum atomic E-state index is -0.500. The molecule has 19 heavy (non-hydrogen) atoms. The number of ether oxygens (including phenoxy) is 1. The normalized spacial score (nSPS) is 18.7. The van der Waals surface area contributed by atoms with Crippen LogP contribution in [-0.2, 0) is 4.79 Å². The first-order valence-electron chi connectivity index (χ1n) is 5.83. The zero-order valence-corrected chi connectivity index (χ0v) is 12.3. The number of hydrogen-bond donors (Lipinski definition) is 2. The number of carbonyl (C=O) groups is 1. The number of halogens is 2. The second kappa shape index (κ2) is 8.96. The Kier molecular flexibility index (Phi) is 8.47. The molecule has 0 radical (unpaired) electrons. The first-order valence-corrected chi connectivity index (χ1v) is 5.83. The first-order chi connectivity index (χ1) is 8.25. The summed E-state index contributed by atoms with van der Waals surface area (Å²) in [4.78, 5) is 15.8. The molecule has 1 saturated heterocycles. The number of aromatic nitrogens is 1. The van der Waals surface area contributed by atoms with Gasteiger partial charge in [0, 0.05) is 18.8 Å². The lowest BCUT2D eigenvalue weighted by Gasteiger charge is -2.17. The van der Waals surface area contributed by atoms with Crippen molar-refractivity contribution in [3.8, 4) is 5.75 Å². The van der Waals surface area contributed by atoms with Gasteiger partial charge in [-0.05, 0) is 32.0 Å². The van der Waals surface area contributed by atoms with Crippen LogP contribution < -0.4 is 15.4 Å². The van der Waals surface area contributed by atoms with Crippen LogP contribution in [0.5, 0.6) is 5.75 Å². The quantitative estimate of drug-likeness (QED) is 0.876. The Balaban J connectivity index is 0.00000162. The summed E-state index contributed by atoms with van der Waals surface area (Å²) in [6, 6.07) is 3.79. The lowest BCUT2D eigenvalue weighted by molar-refractivity contribution is -0.127. The highest BCUT2D eigenvalue weighted by atomic mass is 35.5. The van der Waals surface area contributed by atoms with Crippen molar-refractivity contribution in [3.63, 3.8) is 0 Å². The van der Waals surface area contributed by atoms with Gasteiger partial charge >= 0.3 is 0 Å². The smallest absolute Gasteiger partial charge is 0.261 e. The number of rotatable bonds is 4. The van der Waals surface area contributed by atoms with Crippen molar-refractivity contribution in [2.75, 3.05) is 13.1 Å². The van der Waals surface area contributed by atoms with Gasteiger partial charge in [0.15, 0.2) is 6.10 Å². The van der Waals surface area contributed by atoms with Crippen molar-refractivity contribution in [3.05, 3.63) is 24.5 Å². The Hall–Kier alpha value is -1.04. The molecule has 0 bridgehead atoms. The van der Waals surface area contributed by atoms with Gasteiger partial charge < -0.3 is 15.4 Å². The molecule has 0 aliphatic carbocycles. The van der Waals surface area contributed by atoms with E-state index in [-0.39, 0.29) is 36.8 Å². The van der Waals surface area contributed by atoms with Gasteiger partial charge in [-0.1, -0.05) is 0 Å². The van der Waals surface area contributed by atoms with Crippen molar-refractivity contribution >= 4 is 30.7 Å². The molecule has 1 aromatic heterocycles. The van der Waals surface area contributed by atoms with Gasteiger partial charge in [-0.2, -0.15) is 0 Å². The summed E-state index contributed by atoms with van der Waals surface area (Å²) < 4.78 is 5.49. The molecule has 1 aromatic rings. The Morgan fingerprint density at radius 1 is 1.58 bits per heavy atom. The maximum Gasteiger partial charge on any atom is 0.261 e.